The van der Waals surface area contributed by atoms with Gasteiger partial charge in [-0.3, -0.25) is 4.79 Å². The van der Waals surface area contributed by atoms with Crippen LogP contribution >= 0.6 is 0 Å². The molecule has 5 nitrogen and oxygen atoms in total. The summed E-state index contributed by atoms with van der Waals surface area (Å²) in [5, 5.41) is 3.22. The molecular weight excluding hydrogens is 218 g/mol. The van der Waals surface area contributed by atoms with Crippen molar-refractivity contribution in [3.05, 3.63) is 24.0 Å². The summed E-state index contributed by atoms with van der Waals surface area (Å²) in [6, 6.07) is 3.56. The molecular formula is C12H17N3O2. The molecule has 0 spiro atoms. The first-order valence-corrected chi connectivity index (χ1v) is 5.90. The van der Waals surface area contributed by atoms with Crippen LogP contribution in [0, 0.1) is 0 Å². The van der Waals surface area contributed by atoms with Crippen LogP contribution in [0.4, 0.5) is 0 Å². The highest BCUT2D eigenvalue weighted by Gasteiger charge is 2.22. The average Bonchev–Trinajstić information content (AvgIpc) is 2.40. The standard InChI is InChI=1S/C12H17N3O2/c1-2-17-10-4-3-5-14-11(10)12(16)15-8-6-13-7-9-15/h3-5,13H,2,6-9H2,1H3. The summed E-state index contributed by atoms with van der Waals surface area (Å²) in [6.45, 7) is 5.55. The van der Waals surface area contributed by atoms with Crippen LogP contribution in [0.25, 0.3) is 0 Å². The van der Waals surface area contributed by atoms with E-state index in [0.29, 0.717) is 18.1 Å². The number of nitrogens with one attached hydrogen (secondary N) is 1. The Morgan fingerprint density at radius 1 is 1.53 bits per heavy atom. The van der Waals surface area contributed by atoms with Crippen LogP contribution in [0.1, 0.15) is 17.4 Å². The molecule has 1 fully saturated rings. The maximum atomic E-state index is 12.3. The molecule has 0 bridgehead atoms. The zero-order valence-electron chi connectivity index (χ0n) is 9.98. The van der Waals surface area contributed by atoms with Crippen LogP contribution in [-0.4, -0.2) is 48.6 Å². The second-order valence-corrected chi connectivity index (χ2v) is 3.83. The van der Waals surface area contributed by atoms with Gasteiger partial charge in [0.1, 0.15) is 0 Å². The number of hydrogen-bond acceptors (Lipinski definition) is 4. The van der Waals surface area contributed by atoms with Crippen molar-refractivity contribution in [3.63, 3.8) is 0 Å². The number of rotatable bonds is 3. The fraction of sp³-hybridized carbons (Fsp3) is 0.500. The Morgan fingerprint density at radius 3 is 3.00 bits per heavy atom. The maximum absolute atomic E-state index is 12.3. The van der Waals surface area contributed by atoms with Gasteiger partial charge in [-0.05, 0) is 19.1 Å². The van der Waals surface area contributed by atoms with E-state index >= 15 is 0 Å². The predicted octanol–water partition coefficient (Wildman–Crippen LogP) is 0.526. The number of amides is 1. The SMILES string of the molecule is CCOc1cccnc1C(=O)N1CCNCC1. The van der Waals surface area contributed by atoms with E-state index in [0.717, 1.165) is 26.2 Å². The van der Waals surface area contributed by atoms with Gasteiger partial charge < -0.3 is 15.0 Å². The number of aromatic nitrogens is 1. The summed E-state index contributed by atoms with van der Waals surface area (Å²) in [7, 11) is 0. The van der Waals surface area contributed by atoms with Gasteiger partial charge in [-0.15, -0.1) is 0 Å². The molecule has 0 radical (unpaired) electrons. The van der Waals surface area contributed by atoms with Crippen LogP contribution in [0.2, 0.25) is 0 Å². The van der Waals surface area contributed by atoms with Crippen LogP contribution < -0.4 is 10.1 Å². The van der Waals surface area contributed by atoms with E-state index < -0.39 is 0 Å². The highest BCUT2D eigenvalue weighted by Crippen LogP contribution is 2.17. The molecule has 0 atom stereocenters. The molecule has 1 aliphatic heterocycles. The quantitative estimate of drug-likeness (QED) is 0.830. The Hall–Kier alpha value is -1.62. The Balaban J connectivity index is 2.17. The van der Waals surface area contributed by atoms with Crippen LogP contribution in [-0.2, 0) is 0 Å². The smallest absolute Gasteiger partial charge is 0.276 e. The molecule has 0 saturated carbocycles. The molecule has 2 rings (SSSR count). The van der Waals surface area contributed by atoms with E-state index in [2.05, 4.69) is 10.3 Å². The van der Waals surface area contributed by atoms with Gasteiger partial charge in [0, 0.05) is 32.4 Å². The van der Waals surface area contributed by atoms with E-state index in [-0.39, 0.29) is 5.91 Å². The second kappa shape index (κ2) is 5.63. The maximum Gasteiger partial charge on any atom is 0.276 e. The molecule has 2 heterocycles. The monoisotopic (exact) mass is 235 g/mol. The minimum absolute atomic E-state index is 0.0458. The number of ether oxygens (including phenoxy) is 1. The molecule has 1 aromatic heterocycles. The molecule has 1 saturated heterocycles. The lowest BCUT2D eigenvalue weighted by molar-refractivity contribution is 0.0725. The van der Waals surface area contributed by atoms with Crippen molar-refractivity contribution in [1.82, 2.24) is 15.2 Å². The largest absolute Gasteiger partial charge is 0.491 e. The van der Waals surface area contributed by atoms with E-state index in [1.165, 1.54) is 0 Å². The molecule has 1 amide bonds. The van der Waals surface area contributed by atoms with E-state index in [9.17, 15) is 4.79 Å². The van der Waals surface area contributed by atoms with Crippen LogP contribution in [0.15, 0.2) is 18.3 Å². The summed E-state index contributed by atoms with van der Waals surface area (Å²) >= 11 is 0. The van der Waals surface area contributed by atoms with Crippen molar-refractivity contribution >= 4 is 5.91 Å². The minimum atomic E-state index is -0.0458. The molecule has 1 N–H and O–H groups in total. The van der Waals surface area contributed by atoms with Gasteiger partial charge in [-0.2, -0.15) is 0 Å². The summed E-state index contributed by atoms with van der Waals surface area (Å²) in [5.74, 6) is 0.522. The van der Waals surface area contributed by atoms with Gasteiger partial charge in [0.05, 0.1) is 6.61 Å². The Morgan fingerprint density at radius 2 is 2.29 bits per heavy atom. The molecule has 1 aromatic rings. The molecule has 92 valence electrons. The average molecular weight is 235 g/mol. The number of hydrogen-bond donors (Lipinski definition) is 1. The fourth-order valence-corrected chi connectivity index (χ4v) is 1.84. The van der Waals surface area contributed by atoms with Gasteiger partial charge in [-0.1, -0.05) is 0 Å². The lowest BCUT2D eigenvalue weighted by Gasteiger charge is -2.27. The normalized spacial score (nSPS) is 15.7. The van der Waals surface area contributed by atoms with E-state index in [1.54, 1.807) is 23.2 Å². The van der Waals surface area contributed by atoms with Crippen molar-refractivity contribution in [2.75, 3.05) is 32.8 Å². The lowest BCUT2D eigenvalue weighted by Crippen LogP contribution is -2.46. The fourth-order valence-electron chi connectivity index (χ4n) is 1.84. The van der Waals surface area contributed by atoms with Gasteiger partial charge in [0.2, 0.25) is 0 Å². The number of pyridine rings is 1. The van der Waals surface area contributed by atoms with Gasteiger partial charge in [0.15, 0.2) is 11.4 Å². The molecule has 0 aliphatic carbocycles. The van der Waals surface area contributed by atoms with Gasteiger partial charge >= 0.3 is 0 Å². The first-order valence-electron chi connectivity index (χ1n) is 5.90. The zero-order chi connectivity index (χ0) is 12.1. The Kier molecular flexibility index (Phi) is 3.93. The lowest BCUT2D eigenvalue weighted by atomic mass is 10.2. The number of nitrogens with zero attached hydrogens (tertiary/aromatic N) is 2. The number of carbonyl (C=O) groups is 1. The molecule has 1 aliphatic rings. The van der Waals surface area contributed by atoms with E-state index in [4.69, 9.17) is 4.74 Å². The highest BCUT2D eigenvalue weighted by molar-refractivity contribution is 5.95. The molecule has 0 aromatic carbocycles. The Labute approximate surface area is 101 Å². The van der Waals surface area contributed by atoms with Crippen molar-refractivity contribution in [2.24, 2.45) is 0 Å². The van der Waals surface area contributed by atoms with Crippen molar-refractivity contribution in [2.45, 2.75) is 6.92 Å². The first-order chi connectivity index (χ1) is 8.33. The summed E-state index contributed by atoms with van der Waals surface area (Å²) in [6.07, 6.45) is 1.62. The van der Waals surface area contributed by atoms with Crippen LogP contribution in [0.5, 0.6) is 5.75 Å². The third kappa shape index (κ3) is 2.74. The zero-order valence-corrected chi connectivity index (χ0v) is 9.98. The number of carbonyl (C=O) groups excluding carboxylic acids is 1. The predicted molar refractivity (Wildman–Crippen MR) is 64.2 cm³/mol. The summed E-state index contributed by atoms with van der Waals surface area (Å²) in [4.78, 5) is 18.2. The second-order valence-electron chi connectivity index (χ2n) is 3.83. The first kappa shape index (κ1) is 11.9. The van der Waals surface area contributed by atoms with E-state index in [1.807, 2.05) is 6.92 Å². The Bertz CT molecular complexity index is 389. The minimum Gasteiger partial charge on any atom is -0.491 e. The van der Waals surface area contributed by atoms with Crippen molar-refractivity contribution in [1.29, 1.82) is 0 Å². The van der Waals surface area contributed by atoms with Crippen molar-refractivity contribution in [3.8, 4) is 5.75 Å². The molecule has 5 heteroatoms. The molecule has 17 heavy (non-hydrogen) atoms. The highest BCUT2D eigenvalue weighted by atomic mass is 16.5. The van der Waals surface area contributed by atoms with Gasteiger partial charge in [0.25, 0.3) is 5.91 Å². The van der Waals surface area contributed by atoms with Crippen LogP contribution in [0.3, 0.4) is 0 Å². The summed E-state index contributed by atoms with van der Waals surface area (Å²) < 4.78 is 5.42. The number of piperazine rings is 1. The third-order valence-corrected chi connectivity index (χ3v) is 2.68. The topological polar surface area (TPSA) is 54.5 Å². The van der Waals surface area contributed by atoms with Gasteiger partial charge in [-0.25, -0.2) is 4.98 Å². The van der Waals surface area contributed by atoms with Crippen molar-refractivity contribution < 1.29 is 9.53 Å². The summed E-state index contributed by atoms with van der Waals surface area (Å²) in [5.41, 5.74) is 0.413. The molecule has 0 unspecified atom stereocenters. The third-order valence-electron chi connectivity index (χ3n) is 2.68.